The predicted octanol–water partition coefficient (Wildman–Crippen LogP) is 1.71. The topological polar surface area (TPSA) is 137 Å². The SMILES string of the molecule is C=C(C)C(=O)OC.C=C(CC)C(=O)O.C=CC#N.C=CC(=O)NCO. The Morgan fingerprint density at radius 1 is 1.28 bits per heavy atom. The van der Waals surface area contributed by atoms with E-state index in [1.54, 1.807) is 19.9 Å². The van der Waals surface area contributed by atoms with Gasteiger partial charge in [-0.15, -0.1) is 0 Å². The summed E-state index contributed by atoms with van der Waals surface area (Å²) in [6.07, 6.45) is 2.80. The molecule has 0 fully saturated rings. The summed E-state index contributed by atoms with van der Waals surface area (Å²) in [5.74, 6) is -1.61. The molecule has 0 aromatic rings. The van der Waals surface area contributed by atoms with Crippen molar-refractivity contribution in [1.82, 2.24) is 5.32 Å². The van der Waals surface area contributed by atoms with Gasteiger partial charge in [0.25, 0.3) is 0 Å². The Hall–Kier alpha value is -3.18. The van der Waals surface area contributed by atoms with Gasteiger partial charge in [-0.25, -0.2) is 9.59 Å². The second-order valence-electron chi connectivity index (χ2n) is 3.77. The van der Waals surface area contributed by atoms with Gasteiger partial charge >= 0.3 is 11.9 Å². The van der Waals surface area contributed by atoms with E-state index in [9.17, 15) is 14.4 Å². The molecule has 0 unspecified atom stereocenters. The monoisotopic (exact) mass is 354 g/mol. The minimum Gasteiger partial charge on any atom is -0.478 e. The van der Waals surface area contributed by atoms with Gasteiger partial charge < -0.3 is 20.3 Å². The number of aliphatic hydroxyl groups is 1. The van der Waals surface area contributed by atoms with Crippen LogP contribution in [0.25, 0.3) is 0 Å². The van der Waals surface area contributed by atoms with Crippen molar-refractivity contribution in [1.29, 1.82) is 5.26 Å². The maximum absolute atomic E-state index is 10.2. The highest BCUT2D eigenvalue weighted by atomic mass is 16.5. The van der Waals surface area contributed by atoms with Crippen LogP contribution < -0.4 is 5.32 Å². The highest BCUT2D eigenvalue weighted by Gasteiger charge is 1.96. The number of rotatable bonds is 5. The Kier molecular flexibility index (Phi) is 27.5. The van der Waals surface area contributed by atoms with E-state index in [0.717, 1.165) is 6.08 Å². The molecule has 0 heterocycles. The highest BCUT2D eigenvalue weighted by molar-refractivity contribution is 5.87. The summed E-state index contributed by atoms with van der Waals surface area (Å²) in [7, 11) is 1.33. The van der Waals surface area contributed by atoms with Crippen molar-refractivity contribution < 1.29 is 29.3 Å². The van der Waals surface area contributed by atoms with E-state index < -0.39 is 5.97 Å². The van der Waals surface area contributed by atoms with Crippen molar-refractivity contribution in [2.75, 3.05) is 13.8 Å². The molecule has 0 rings (SSSR count). The normalized spacial score (nSPS) is 7.16. The van der Waals surface area contributed by atoms with Crippen molar-refractivity contribution in [3.63, 3.8) is 0 Å². The molecule has 0 saturated carbocycles. The Balaban J connectivity index is -0.000000120. The molecule has 0 aromatic heterocycles. The van der Waals surface area contributed by atoms with Crippen LogP contribution in [-0.4, -0.2) is 41.9 Å². The predicted molar refractivity (Wildman–Crippen MR) is 95.1 cm³/mol. The number of carboxylic acid groups (broad SMARTS) is 1. The van der Waals surface area contributed by atoms with Gasteiger partial charge in [-0.05, 0) is 19.4 Å². The first-order chi connectivity index (χ1) is 11.6. The molecule has 0 aromatic carbocycles. The largest absolute Gasteiger partial charge is 0.478 e. The summed E-state index contributed by atoms with van der Waals surface area (Å²) in [6, 6.07) is 1.69. The lowest BCUT2D eigenvalue weighted by atomic mass is 10.2. The fourth-order valence-electron chi connectivity index (χ4n) is 0.476. The van der Waals surface area contributed by atoms with Crippen molar-refractivity contribution >= 4 is 17.8 Å². The summed E-state index contributed by atoms with van der Waals surface area (Å²) in [4.78, 5) is 30.0. The van der Waals surface area contributed by atoms with E-state index in [4.69, 9.17) is 15.5 Å². The molecule has 0 aliphatic rings. The number of hydrogen-bond donors (Lipinski definition) is 3. The van der Waals surface area contributed by atoms with Crippen LogP contribution in [0.2, 0.25) is 0 Å². The molecule has 0 atom stereocenters. The Morgan fingerprint density at radius 3 is 1.76 bits per heavy atom. The van der Waals surface area contributed by atoms with Gasteiger partial charge in [0, 0.05) is 17.2 Å². The molecule has 140 valence electrons. The van der Waals surface area contributed by atoms with Gasteiger partial charge in [0.2, 0.25) is 5.91 Å². The summed E-state index contributed by atoms with van der Waals surface area (Å²) in [6.45, 7) is 15.9. The molecule has 0 aliphatic carbocycles. The van der Waals surface area contributed by atoms with E-state index in [2.05, 4.69) is 36.4 Å². The zero-order valence-corrected chi connectivity index (χ0v) is 14.9. The second kappa shape index (κ2) is 23.1. The maximum Gasteiger partial charge on any atom is 0.332 e. The molecule has 1 amide bonds. The Bertz CT molecular complexity index is 475. The van der Waals surface area contributed by atoms with Crippen LogP contribution in [0.1, 0.15) is 20.3 Å². The maximum atomic E-state index is 10.2. The van der Waals surface area contributed by atoms with Gasteiger partial charge in [0.1, 0.15) is 6.73 Å². The van der Waals surface area contributed by atoms with E-state index >= 15 is 0 Å². The van der Waals surface area contributed by atoms with Crippen molar-refractivity contribution in [2.45, 2.75) is 20.3 Å². The number of allylic oxidation sites excluding steroid dienone is 1. The molecule has 8 heteroatoms. The van der Waals surface area contributed by atoms with Crippen LogP contribution in [0.4, 0.5) is 0 Å². The number of nitriles is 1. The zero-order chi connectivity index (χ0) is 20.8. The number of carbonyl (C=O) groups is 3. The molecular formula is C17H26N2O6. The minimum atomic E-state index is -0.900. The van der Waals surface area contributed by atoms with Gasteiger partial charge in [0.05, 0.1) is 13.2 Å². The fraction of sp³-hybridized carbons (Fsp3) is 0.294. The fourth-order valence-corrected chi connectivity index (χ4v) is 0.476. The average molecular weight is 354 g/mol. The number of aliphatic carboxylic acids is 1. The molecule has 0 saturated heterocycles. The van der Waals surface area contributed by atoms with Crippen molar-refractivity contribution in [3.8, 4) is 6.07 Å². The number of carboxylic acids is 1. The minimum absolute atomic E-state index is 0.264. The number of amides is 1. The Morgan fingerprint density at radius 2 is 1.72 bits per heavy atom. The molecule has 0 spiro atoms. The summed E-state index contributed by atoms with van der Waals surface area (Å²) < 4.78 is 4.27. The van der Waals surface area contributed by atoms with Crippen molar-refractivity contribution in [2.24, 2.45) is 0 Å². The van der Waals surface area contributed by atoms with E-state index in [0.29, 0.717) is 12.0 Å². The van der Waals surface area contributed by atoms with Gasteiger partial charge in [-0.3, -0.25) is 4.79 Å². The summed E-state index contributed by atoms with van der Waals surface area (Å²) in [5.41, 5.74) is 0.697. The van der Waals surface area contributed by atoms with Crippen LogP contribution in [0.5, 0.6) is 0 Å². The van der Waals surface area contributed by atoms with Crippen LogP contribution in [0.15, 0.2) is 49.6 Å². The number of ether oxygens (including phenoxy) is 1. The molecule has 0 aliphatic heterocycles. The van der Waals surface area contributed by atoms with Gasteiger partial charge in [-0.1, -0.05) is 33.2 Å². The van der Waals surface area contributed by atoms with E-state index in [-0.39, 0.29) is 24.2 Å². The molecule has 0 bridgehead atoms. The molecular weight excluding hydrogens is 328 g/mol. The lowest BCUT2D eigenvalue weighted by Crippen LogP contribution is -2.20. The summed E-state index contributed by atoms with van der Waals surface area (Å²) in [5, 5.41) is 25.7. The van der Waals surface area contributed by atoms with Gasteiger partial charge in [-0.2, -0.15) is 5.26 Å². The molecule has 25 heavy (non-hydrogen) atoms. The molecule has 3 N–H and O–H groups in total. The quantitative estimate of drug-likeness (QED) is 0.296. The van der Waals surface area contributed by atoms with Gasteiger partial charge in [0.15, 0.2) is 0 Å². The first-order valence-corrected chi connectivity index (χ1v) is 6.75. The van der Waals surface area contributed by atoms with Crippen LogP contribution in [0.3, 0.4) is 0 Å². The average Bonchev–Trinajstić information content (AvgIpc) is 2.61. The highest BCUT2D eigenvalue weighted by Crippen LogP contribution is 1.93. The first kappa shape index (κ1) is 29.8. The number of carbonyl (C=O) groups excluding carboxylic acids is 2. The van der Waals surface area contributed by atoms with Crippen LogP contribution >= 0.6 is 0 Å². The number of methoxy groups -OCH3 is 1. The molecule has 8 nitrogen and oxygen atoms in total. The zero-order valence-electron chi connectivity index (χ0n) is 14.9. The third-order valence-corrected chi connectivity index (χ3v) is 1.79. The van der Waals surface area contributed by atoms with Crippen molar-refractivity contribution in [3.05, 3.63) is 49.6 Å². The standard InChI is InChI=1S/2C5H8O2.C4H7NO2.C3H3N/c1-4(2)5(6)7-3;1-3-4(2)5(6)7;1-2-4(7)5-3-6;1-2-3-4/h1H2,2-3H3;2-3H2,1H3,(H,6,7);2,6H,1,3H2,(H,5,7);2H,1H2. The Labute approximate surface area is 148 Å². The number of nitrogens with zero attached hydrogens (tertiary/aromatic N) is 1. The molecule has 0 radical (unpaired) electrons. The number of hydrogen-bond acceptors (Lipinski definition) is 6. The number of esters is 1. The second-order valence-corrected chi connectivity index (χ2v) is 3.77. The first-order valence-electron chi connectivity index (χ1n) is 6.75. The van der Waals surface area contributed by atoms with Crippen LogP contribution in [-0.2, 0) is 19.1 Å². The number of nitrogens with one attached hydrogen (secondary N) is 1. The lowest BCUT2D eigenvalue weighted by molar-refractivity contribution is -0.136. The summed E-state index contributed by atoms with van der Waals surface area (Å²) >= 11 is 0. The lowest BCUT2D eigenvalue weighted by Gasteiger charge is -1.91. The number of aliphatic hydroxyl groups excluding tert-OH is 1. The van der Waals surface area contributed by atoms with E-state index in [1.807, 2.05) is 0 Å². The van der Waals surface area contributed by atoms with Crippen LogP contribution in [0, 0.1) is 11.3 Å². The third kappa shape index (κ3) is 33.6. The third-order valence-electron chi connectivity index (χ3n) is 1.79. The van der Waals surface area contributed by atoms with E-state index in [1.165, 1.54) is 13.2 Å². The smallest absolute Gasteiger partial charge is 0.332 e.